The van der Waals surface area contributed by atoms with Crippen LogP contribution in [0.5, 0.6) is 0 Å². The number of carbonyl (C=O) groups excluding carboxylic acids is 2. The third-order valence-corrected chi connectivity index (χ3v) is 7.16. The number of ether oxygens (including phenoxy) is 1. The fraction of sp³-hybridized carbons (Fsp3) is 0.0833. The Morgan fingerprint density at radius 3 is 2.25 bits per heavy atom. The fourth-order valence-corrected chi connectivity index (χ4v) is 5.41. The molecule has 0 spiro atoms. The monoisotopic (exact) mass is 459 g/mol. The highest BCUT2D eigenvalue weighted by molar-refractivity contribution is 7.99. The van der Waals surface area contributed by atoms with Crippen molar-refractivity contribution >= 4 is 46.3 Å². The van der Waals surface area contributed by atoms with Gasteiger partial charge in [0, 0.05) is 16.0 Å². The molecule has 0 atom stereocenters. The maximum atomic E-state index is 13.2. The Bertz CT molecular complexity index is 1280. The van der Waals surface area contributed by atoms with Gasteiger partial charge >= 0.3 is 5.97 Å². The van der Waals surface area contributed by atoms with Crippen molar-refractivity contribution < 1.29 is 14.3 Å². The number of pyridine rings is 1. The number of nitrogens with zero attached hydrogens (tertiary/aromatic N) is 3. The SMILES string of the molecule is Cc1nc(-c2ccccn2)sc1C(=O)OCC(=O)N1c2ccccc2Sc2ccccc21. The normalized spacial score (nSPS) is 12.1. The number of hydrogen-bond donors (Lipinski definition) is 0. The third kappa shape index (κ3) is 3.79. The van der Waals surface area contributed by atoms with E-state index in [-0.39, 0.29) is 12.5 Å². The van der Waals surface area contributed by atoms with Crippen LogP contribution in [0.4, 0.5) is 11.4 Å². The van der Waals surface area contributed by atoms with Crippen molar-refractivity contribution in [1.29, 1.82) is 0 Å². The van der Waals surface area contributed by atoms with Crippen LogP contribution in [0.1, 0.15) is 15.4 Å². The van der Waals surface area contributed by atoms with Gasteiger partial charge in [-0.15, -0.1) is 11.3 Å². The lowest BCUT2D eigenvalue weighted by molar-refractivity contribution is -0.121. The van der Waals surface area contributed by atoms with Crippen LogP contribution in [0, 0.1) is 6.92 Å². The van der Waals surface area contributed by atoms with Crippen LogP contribution in [0.2, 0.25) is 0 Å². The number of benzene rings is 2. The van der Waals surface area contributed by atoms with E-state index in [0.717, 1.165) is 21.2 Å². The minimum atomic E-state index is -0.566. The summed E-state index contributed by atoms with van der Waals surface area (Å²) in [6.45, 7) is 1.37. The van der Waals surface area contributed by atoms with Crippen LogP contribution >= 0.6 is 23.1 Å². The van der Waals surface area contributed by atoms with E-state index >= 15 is 0 Å². The molecule has 0 saturated heterocycles. The zero-order valence-electron chi connectivity index (χ0n) is 17.0. The summed E-state index contributed by atoms with van der Waals surface area (Å²) in [5.41, 5.74) is 2.81. The van der Waals surface area contributed by atoms with Crippen molar-refractivity contribution in [3.63, 3.8) is 0 Å². The summed E-state index contributed by atoms with van der Waals surface area (Å²) in [6, 6.07) is 20.9. The van der Waals surface area contributed by atoms with Crippen LogP contribution in [0.25, 0.3) is 10.7 Å². The fourth-order valence-electron chi connectivity index (χ4n) is 3.42. The molecule has 1 aliphatic rings. The van der Waals surface area contributed by atoms with Gasteiger partial charge in [0.2, 0.25) is 0 Å². The molecule has 0 saturated carbocycles. The summed E-state index contributed by atoms with van der Waals surface area (Å²) in [5, 5.41) is 0.636. The smallest absolute Gasteiger partial charge is 0.350 e. The van der Waals surface area contributed by atoms with Gasteiger partial charge in [-0.3, -0.25) is 14.7 Å². The van der Waals surface area contributed by atoms with Gasteiger partial charge in [0.1, 0.15) is 9.88 Å². The number of carbonyl (C=O) groups is 2. The molecule has 158 valence electrons. The van der Waals surface area contributed by atoms with Gasteiger partial charge in [0.05, 0.1) is 22.8 Å². The second kappa shape index (κ2) is 8.57. The Morgan fingerprint density at radius 1 is 0.938 bits per heavy atom. The maximum Gasteiger partial charge on any atom is 0.350 e. The summed E-state index contributed by atoms with van der Waals surface area (Å²) in [4.78, 5) is 38.6. The maximum absolute atomic E-state index is 13.2. The number of thiazole rings is 1. The molecule has 5 rings (SSSR count). The average Bonchev–Trinajstić information content (AvgIpc) is 3.23. The third-order valence-electron chi connectivity index (χ3n) is 4.87. The van der Waals surface area contributed by atoms with Crippen LogP contribution in [0.3, 0.4) is 0 Å². The predicted molar refractivity (Wildman–Crippen MR) is 125 cm³/mol. The molecule has 1 aliphatic heterocycles. The highest BCUT2D eigenvalue weighted by Gasteiger charge is 2.29. The van der Waals surface area contributed by atoms with Gasteiger partial charge in [0.15, 0.2) is 6.61 Å². The number of aromatic nitrogens is 2. The van der Waals surface area contributed by atoms with Crippen LogP contribution in [-0.2, 0) is 9.53 Å². The molecule has 0 aliphatic carbocycles. The van der Waals surface area contributed by atoms with Gasteiger partial charge < -0.3 is 4.74 Å². The summed E-state index contributed by atoms with van der Waals surface area (Å²) in [5.74, 6) is -0.880. The van der Waals surface area contributed by atoms with Gasteiger partial charge in [-0.05, 0) is 43.3 Å². The largest absolute Gasteiger partial charge is 0.451 e. The molecule has 0 radical (unpaired) electrons. The van der Waals surface area contributed by atoms with Crippen LogP contribution < -0.4 is 4.90 Å². The molecule has 6 nitrogen and oxygen atoms in total. The van der Waals surface area contributed by atoms with Gasteiger partial charge in [-0.2, -0.15) is 0 Å². The van der Waals surface area contributed by atoms with Crippen molar-refractivity contribution in [1.82, 2.24) is 9.97 Å². The Morgan fingerprint density at radius 2 is 1.59 bits per heavy atom. The summed E-state index contributed by atoms with van der Waals surface area (Å²) in [7, 11) is 0. The van der Waals surface area contributed by atoms with Crippen LogP contribution in [0.15, 0.2) is 82.7 Å². The lowest BCUT2D eigenvalue weighted by Gasteiger charge is -2.30. The topological polar surface area (TPSA) is 72.4 Å². The lowest BCUT2D eigenvalue weighted by atomic mass is 10.2. The first-order valence-corrected chi connectivity index (χ1v) is 11.5. The number of amides is 1. The first kappa shape index (κ1) is 20.4. The van der Waals surface area contributed by atoms with E-state index in [9.17, 15) is 9.59 Å². The average molecular weight is 460 g/mol. The molecule has 1 amide bonds. The van der Waals surface area contributed by atoms with Gasteiger partial charge in [-0.25, -0.2) is 9.78 Å². The first-order valence-electron chi connectivity index (χ1n) is 9.86. The molecule has 8 heteroatoms. The summed E-state index contributed by atoms with van der Waals surface area (Å²) in [6.07, 6.45) is 1.68. The van der Waals surface area contributed by atoms with Crippen molar-refractivity contribution in [3.8, 4) is 10.7 Å². The molecular weight excluding hydrogens is 442 g/mol. The number of anilines is 2. The second-order valence-corrected chi connectivity index (χ2v) is 9.07. The van der Waals surface area contributed by atoms with E-state index in [1.807, 2.05) is 66.7 Å². The Balaban J connectivity index is 1.36. The van der Waals surface area contributed by atoms with Gasteiger partial charge in [-0.1, -0.05) is 42.1 Å². The minimum Gasteiger partial charge on any atom is -0.451 e. The molecule has 3 heterocycles. The lowest BCUT2D eigenvalue weighted by Crippen LogP contribution is -2.32. The Kier molecular flexibility index (Phi) is 5.46. The molecule has 0 fully saturated rings. The molecular formula is C24H17N3O3S2. The number of esters is 1. The van der Waals surface area contributed by atoms with E-state index in [1.165, 1.54) is 11.3 Å². The predicted octanol–water partition coefficient (Wildman–Crippen LogP) is 5.50. The summed E-state index contributed by atoms with van der Waals surface area (Å²) >= 11 is 2.82. The van der Waals surface area contributed by atoms with E-state index in [0.29, 0.717) is 21.3 Å². The Hall–Kier alpha value is -3.49. The van der Waals surface area contributed by atoms with Crippen LogP contribution in [-0.4, -0.2) is 28.5 Å². The van der Waals surface area contributed by atoms with Gasteiger partial charge in [0.25, 0.3) is 5.91 Å². The summed E-state index contributed by atoms with van der Waals surface area (Å²) < 4.78 is 5.42. The molecule has 2 aromatic heterocycles. The highest BCUT2D eigenvalue weighted by atomic mass is 32.2. The molecule has 4 aromatic rings. The zero-order valence-corrected chi connectivity index (χ0v) is 18.7. The Labute approximate surface area is 192 Å². The molecule has 0 unspecified atom stereocenters. The van der Waals surface area contributed by atoms with E-state index in [2.05, 4.69) is 9.97 Å². The molecule has 0 N–H and O–H groups in total. The number of hydrogen-bond acceptors (Lipinski definition) is 7. The first-order chi connectivity index (χ1) is 15.6. The van der Waals surface area contributed by atoms with Crippen molar-refractivity contribution in [2.24, 2.45) is 0 Å². The molecule has 0 bridgehead atoms. The van der Waals surface area contributed by atoms with Crippen molar-refractivity contribution in [2.45, 2.75) is 16.7 Å². The zero-order chi connectivity index (χ0) is 22.1. The molecule has 32 heavy (non-hydrogen) atoms. The number of aryl methyl sites for hydroxylation is 1. The number of fused-ring (bicyclic) bond motifs is 2. The van der Waals surface area contributed by atoms with Crippen molar-refractivity contribution in [2.75, 3.05) is 11.5 Å². The highest BCUT2D eigenvalue weighted by Crippen LogP contribution is 2.47. The molecule has 2 aromatic carbocycles. The standard InChI is InChI=1S/C24H17N3O3S2/c1-15-22(32-23(26-15)16-8-6-7-13-25-16)24(29)30-14-21(28)27-17-9-2-4-11-19(17)31-20-12-5-3-10-18(20)27/h2-13H,14H2,1H3. The van der Waals surface area contributed by atoms with Crippen molar-refractivity contribution in [3.05, 3.63) is 83.5 Å². The second-order valence-electron chi connectivity index (χ2n) is 6.99. The van der Waals surface area contributed by atoms with E-state index in [4.69, 9.17) is 4.74 Å². The van der Waals surface area contributed by atoms with E-state index in [1.54, 1.807) is 29.8 Å². The van der Waals surface area contributed by atoms with E-state index < -0.39 is 5.97 Å². The quantitative estimate of drug-likeness (QED) is 0.375. The minimum absolute atomic E-state index is 0.314. The number of para-hydroxylation sites is 2. The number of rotatable bonds is 4.